The Morgan fingerprint density at radius 1 is 1.06 bits per heavy atom. The first-order valence-corrected chi connectivity index (χ1v) is 11.5. The fraction of sp³-hybridized carbons (Fsp3) is 0.462. The Bertz CT molecular complexity index is 1020. The summed E-state index contributed by atoms with van der Waals surface area (Å²) in [6.45, 7) is 2.62. The Morgan fingerprint density at radius 2 is 1.85 bits per heavy atom. The molecule has 0 N–H and O–H groups in total. The van der Waals surface area contributed by atoms with Gasteiger partial charge in [0.15, 0.2) is 0 Å². The number of benzene rings is 2. The van der Waals surface area contributed by atoms with Gasteiger partial charge in [0.05, 0.1) is 27.3 Å². The van der Waals surface area contributed by atoms with Crippen LogP contribution in [-0.4, -0.2) is 50.3 Å². The van der Waals surface area contributed by atoms with Crippen LogP contribution in [0.3, 0.4) is 0 Å². The monoisotopic (exact) mass is 452 g/mol. The van der Waals surface area contributed by atoms with Crippen LogP contribution in [0.25, 0.3) is 0 Å². The van der Waals surface area contributed by atoms with Gasteiger partial charge in [0, 0.05) is 30.8 Å². The molecule has 0 bridgehead atoms. The molecule has 1 saturated heterocycles. The number of fused-ring (bicyclic) bond motifs is 1. The minimum atomic E-state index is -0.399. The maximum atomic E-state index is 12.7. The first kappa shape index (κ1) is 23.0. The molecule has 0 unspecified atom stereocenters. The van der Waals surface area contributed by atoms with Crippen molar-refractivity contribution in [1.29, 1.82) is 0 Å². The Labute approximate surface area is 195 Å². The van der Waals surface area contributed by atoms with Crippen LogP contribution in [0.5, 0.6) is 11.5 Å². The SMILES string of the molecule is COc1ccc(CN(C[C@H]2CN(c3ccc4c(c3)CCCCC4)C(=O)O2)C(C)=O)c(OC)c1. The van der Waals surface area contributed by atoms with Crippen molar-refractivity contribution in [1.82, 2.24) is 4.90 Å². The van der Waals surface area contributed by atoms with Crippen molar-refractivity contribution >= 4 is 17.7 Å². The van der Waals surface area contributed by atoms with E-state index < -0.39 is 6.10 Å². The molecule has 4 rings (SSSR count). The van der Waals surface area contributed by atoms with Crippen molar-refractivity contribution in [3.05, 3.63) is 53.1 Å². The number of cyclic esters (lactones) is 1. The van der Waals surface area contributed by atoms with E-state index in [2.05, 4.69) is 12.1 Å². The Kier molecular flexibility index (Phi) is 7.06. The highest BCUT2D eigenvalue weighted by molar-refractivity contribution is 5.90. The lowest BCUT2D eigenvalue weighted by atomic mass is 10.0. The predicted octanol–water partition coefficient (Wildman–Crippen LogP) is 4.35. The van der Waals surface area contributed by atoms with Crippen LogP contribution in [0.1, 0.15) is 42.9 Å². The maximum absolute atomic E-state index is 12.7. The van der Waals surface area contributed by atoms with E-state index in [0.29, 0.717) is 31.1 Å². The number of aryl methyl sites for hydroxylation is 2. The molecule has 176 valence electrons. The van der Waals surface area contributed by atoms with E-state index in [-0.39, 0.29) is 12.0 Å². The fourth-order valence-electron chi connectivity index (χ4n) is 4.63. The molecule has 0 spiro atoms. The lowest BCUT2D eigenvalue weighted by Crippen LogP contribution is -2.37. The molecule has 1 atom stereocenters. The second-order valence-electron chi connectivity index (χ2n) is 8.71. The standard InChI is InChI=1S/C26H32N2O5/c1-18(29)27(15-21-10-12-23(31-2)14-25(21)32-3)16-24-17-28(26(30)33-24)22-11-9-19-7-5-4-6-8-20(19)13-22/h9-14,24H,4-8,15-17H2,1-3H3/t24-/m0/s1. The molecule has 2 aliphatic rings. The van der Waals surface area contributed by atoms with Crippen molar-refractivity contribution < 1.29 is 23.8 Å². The summed E-state index contributed by atoms with van der Waals surface area (Å²) < 4.78 is 16.4. The molecule has 0 radical (unpaired) electrons. The number of anilines is 1. The molecule has 0 aromatic heterocycles. The highest BCUT2D eigenvalue weighted by Crippen LogP contribution is 2.29. The Morgan fingerprint density at radius 3 is 2.58 bits per heavy atom. The van der Waals surface area contributed by atoms with Gasteiger partial charge in [-0.1, -0.05) is 12.5 Å². The van der Waals surface area contributed by atoms with E-state index in [4.69, 9.17) is 14.2 Å². The average molecular weight is 453 g/mol. The molecule has 0 saturated carbocycles. The minimum absolute atomic E-state index is 0.0904. The van der Waals surface area contributed by atoms with Crippen LogP contribution < -0.4 is 14.4 Å². The van der Waals surface area contributed by atoms with Crippen LogP contribution in [0, 0.1) is 0 Å². The maximum Gasteiger partial charge on any atom is 0.414 e. The van der Waals surface area contributed by atoms with E-state index >= 15 is 0 Å². The molecule has 7 nitrogen and oxygen atoms in total. The van der Waals surface area contributed by atoms with Crippen molar-refractivity contribution in [3.8, 4) is 11.5 Å². The zero-order chi connectivity index (χ0) is 23.4. The summed E-state index contributed by atoms with van der Waals surface area (Å²) in [6.07, 6.45) is 5.05. The van der Waals surface area contributed by atoms with E-state index in [1.54, 1.807) is 30.1 Å². The van der Waals surface area contributed by atoms with Crippen LogP contribution in [-0.2, 0) is 28.9 Å². The molecular formula is C26H32N2O5. The lowest BCUT2D eigenvalue weighted by molar-refractivity contribution is -0.130. The number of nitrogens with zero attached hydrogens (tertiary/aromatic N) is 2. The minimum Gasteiger partial charge on any atom is -0.497 e. The molecule has 1 aliphatic carbocycles. The smallest absolute Gasteiger partial charge is 0.414 e. The van der Waals surface area contributed by atoms with Gasteiger partial charge in [-0.25, -0.2) is 4.79 Å². The van der Waals surface area contributed by atoms with Crippen LogP contribution in [0.2, 0.25) is 0 Å². The first-order chi connectivity index (χ1) is 16.0. The van der Waals surface area contributed by atoms with Gasteiger partial charge in [-0.05, 0) is 61.1 Å². The largest absolute Gasteiger partial charge is 0.497 e. The number of hydrogen-bond acceptors (Lipinski definition) is 5. The topological polar surface area (TPSA) is 68.3 Å². The van der Waals surface area contributed by atoms with Crippen LogP contribution in [0.4, 0.5) is 10.5 Å². The van der Waals surface area contributed by atoms with Crippen molar-refractivity contribution in [3.63, 3.8) is 0 Å². The Hall–Kier alpha value is -3.22. The number of carbonyl (C=O) groups is 2. The molecule has 2 aromatic carbocycles. The number of rotatable bonds is 7. The normalized spacial score (nSPS) is 17.7. The summed E-state index contributed by atoms with van der Waals surface area (Å²) in [4.78, 5) is 28.4. The first-order valence-electron chi connectivity index (χ1n) is 11.5. The highest BCUT2D eigenvalue weighted by Gasteiger charge is 2.34. The molecule has 1 heterocycles. The van der Waals surface area contributed by atoms with E-state index in [1.165, 1.54) is 37.3 Å². The predicted molar refractivity (Wildman–Crippen MR) is 126 cm³/mol. The van der Waals surface area contributed by atoms with Crippen molar-refractivity contribution in [2.75, 3.05) is 32.2 Å². The average Bonchev–Trinajstić information content (AvgIpc) is 3.02. The van der Waals surface area contributed by atoms with Gasteiger partial charge in [0.1, 0.15) is 17.6 Å². The molecule has 2 aromatic rings. The van der Waals surface area contributed by atoms with Gasteiger partial charge in [-0.3, -0.25) is 9.69 Å². The van der Waals surface area contributed by atoms with Gasteiger partial charge in [0.2, 0.25) is 5.91 Å². The summed E-state index contributed by atoms with van der Waals surface area (Å²) in [6, 6.07) is 11.8. The molecule has 1 fully saturated rings. The van der Waals surface area contributed by atoms with Gasteiger partial charge in [0.25, 0.3) is 0 Å². The third kappa shape index (κ3) is 5.24. The number of ether oxygens (including phenoxy) is 3. The number of amides is 2. The van der Waals surface area contributed by atoms with Crippen molar-refractivity contribution in [2.45, 2.75) is 51.7 Å². The summed E-state index contributed by atoms with van der Waals surface area (Å²) in [5, 5.41) is 0. The molecule has 33 heavy (non-hydrogen) atoms. The van der Waals surface area contributed by atoms with Crippen molar-refractivity contribution in [2.24, 2.45) is 0 Å². The van der Waals surface area contributed by atoms with E-state index in [9.17, 15) is 9.59 Å². The third-order valence-corrected chi connectivity index (χ3v) is 6.49. The lowest BCUT2D eigenvalue weighted by Gasteiger charge is -2.24. The fourth-order valence-corrected chi connectivity index (χ4v) is 4.63. The van der Waals surface area contributed by atoms with Gasteiger partial charge >= 0.3 is 6.09 Å². The summed E-state index contributed by atoms with van der Waals surface area (Å²) in [7, 11) is 3.19. The van der Waals surface area contributed by atoms with Crippen LogP contribution >= 0.6 is 0 Å². The summed E-state index contributed by atoms with van der Waals surface area (Å²) in [5.74, 6) is 1.24. The molecule has 7 heteroatoms. The second kappa shape index (κ2) is 10.1. The molecular weight excluding hydrogens is 420 g/mol. The van der Waals surface area contributed by atoms with Gasteiger partial charge in [-0.2, -0.15) is 0 Å². The van der Waals surface area contributed by atoms with Crippen LogP contribution in [0.15, 0.2) is 36.4 Å². The number of methoxy groups -OCH3 is 2. The zero-order valence-electron chi connectivity index (χ0n) is 19.6. The second-order valence-corrected chi connectivity index (χ2v) is 8.71. The molecule has 2 amide bonds. The molecule has 1 aliphatic heterocycles. The summed E-state index contributed by atoms with van der Waals surface area (Å²) in [5.41, 5.74) is 4.45. The Balaban J connectivity index is 1.46. The van der Waals surface area contributed by atoms with Gasteiger partial charge in [-0.15, -0.1) is 0 Å². The highest BCUT2D eigenvalue weighted by atomic mass is 16.6. The number of hydrogen-bond donors (Lipinski definition) is 0. The van der Waals surface area contributed by atoms with E-state index in [0.717, 1.165) is 24.1 Å². The van der Waals surface area contributed by atoms with E-state index in [1.807, 2.05) is 18.2 Å². The third-order valence-electron chi connectivity index (χ3n) is 6.49. The number of carbonyl (C=O) groups excluding carboxylic acids is 2. The summed E-state index contributed by atoms with van der Waals surface area (Å²) >= 11 is 0. The van der Waals surface area contributed by atoms with Gasteiger partial charge < -0.3 is 19.1 Å². The zero-order valence-corrected chi connectivity index (χ0v) is 19.6. The quantitative estimate of drug-likeness (QED) is 0.585.